The van der Waals surface area contributed by atoms with Crippen LogP contribution in [-0.2, 0) is 11.3 Å². The lowest BCUT2D eigenvalue weighted by Gasteiger charge is -2.41. The van der Waals surface area contributed by atoms with Crippen molar-refractivity contribution in [2.45, 2.75) is 52.1 Å². The Balaban J connectivity index is 1.62. The minimum absolute atomic E-state index is 0.207. The zero-order valence-electron chi connectivity index (χ0n) is 14.7. The van der Waals surface area contributed by atoms with E-state index >= 15 is 0 Å². The molecule has 0 bridgehead atoms. The van der Waals surface area contributed by atoms with Crippen molar-refractivity contribution in [1.82, 2.24) is 9.80 Å². The summed E-state index contributed by atoms with van der Waals surface area (Å²) in [5.74, 6) is 0.297. The highest BCUT2D eigenvalue weighted by Crippen LogP contribution is 2.28. The van der Waals surface area contributed by atoms with E-state index in [9.17, 15) is 9.18 Å². The van der Waals surface area contributed by atoms with Gasteiger partial charge in [-0.25, -0.2) is 4.39 Å². The Hall–Kier alpha value is -1.62. The average Bonchev–Trinajstić information content (AvgIpc) is 3.06. The summed E-state index contributed by atoms with van der Waals surface area (Å²) >= 11 is 0. The number of amides is 1. The van der Waals surface area contributed by atoms with Crippen LogP contribution < -0.4 is 5.73 Å². The fourth-order valence-electron chi connectivity index (χ4n) is 4.08. The maximum absolute atomic E-state index is 13.6. The fraction of sp³-hybridized carbons (Fsp3) is 0.632. The van der Waals surface area contributed by atoms with Crippen molar-refractivity contribution in [3.05, 3.63) is 29.1 Å². The number of rotatable bonds is 3. The zero-order valence-corrected chi connectivity index (χ0v) is 14.7. The largest absolute Gasteiger partial charge is 0.398 e. The van der Waals surface area contributed by atoms with E-state index in [1.807, 2.05) is 6.92 Å². The molecule has 1 aromatic rings. The zero-order chi connectivity index (χ0) is 17.3. The number of halogens is 1. The Bertz CT molecular complexity index is 613. The molecule has 4 nitrogen and oxygen atoms in total. The molecule has 132 valence electrons. The molecule has 1 saturated heterocycles. The SMILES string of the molecule is Cc1c(N)cc(F)cc1CN1CCN(C(=O)C2CCCC2)C(C)C1. The van der Waals surface area contributed by atoms with Crippen LogP contribution in [0.2, 0.25) is 0 Å². The van der Waals surface area contributed by atoms with Gasteiger partial charge in [0, 0.05) is 43.8 Å². The second-order valence-electron chi connectivity index (χ2n) is 7.38. The first-order valence-electron chi connectivity index (χ1n) is 9.03. The van der Waals surface area contributed by atoms with Gasteiger partial charge in [-0.2, -0.15) is 0 Å². The van der Waals surface area contributed by atoms with Crippen LogP contribution in [0.5, 0.6) is 0 Å². The molecular formula is C19H28FN3O. The summed E-state index contributed by atoms with van der Waals surface area (Å²) in [6.45, 7) is 7.16. The van der Waals surface area contributed by atoms with E-state index in [1.54, 1.807) is 6.07 Å². The first-order valence-corrected chi connectivity index (χ1v) is 9.03. The number of carbonyl (C=O) groups is 1. The predicted octanol–water partition coefficient (Wildman–Crippen LogP) is 2.94. The number of anilines is 1. The van der Waals surface area contributed by atoms with Crippen LogP contribution in [-0.4, -0.2) is 41.4 Å². The molecule has 1 saturated carbocycles. The standard InChI is InChI=1S/C19H28FN3O/c1-13-11-22(12-16-9-17(20)10-18(21)14(16)2)7-8-23(13)19(24)15-5-3-4-6-15/h9-10,13,15H,3-8,11-12,21H2,1-2H3. The smallest absolute Gasteiger partial charge is 0.226 e. The maximum Gasteiger partial charge on any atom is 0.226 e. The second kappa shape index (κ2) is 7.09. The van der Waals surface area contributed by atoms with Gasteiger partial charge >= 0.3 is 0 Å². The van der Waals surface area contributed by atoms with Gasteiger partial charge in [-0.15, -0.1) is 0 Å². The lowest BCUT2D eigenvalue weighted by Crippen LogP contribution is -2.54. The van der Waals surface area contributed by atoms with E-state index in [2.05, 4.69) is 16.7 Å². The van der Waals surface area contributed by atoms with E-state index in [0.717, 1.165) is 43.6 Å². The maximum atomic E-state index is 13.6. The van der Waals surface area contributed by atoms with Gasteiger partial charge in [0.1, 0.15) is 5.82 Å². The first-order chi connectivity index (χ1) is 11.5. The summed E-state index contributed by atoms with van der Waals surface area (Å²) in [6.07, 6.45) is 4.47. The highest BCUT2D eigenvalue weighted by molar-refractivity contribution is 5.79. The van der Waals surface area contributed by atoms with E-state index < -0.39 is 0 Å². The first kappa shape index (κ1) is 17.2. The molecule has 1 aliphatic heterocycles. The Morgan fingerprint density at radius 1 is 1.29 bits per heavy atom. The van der Waals surface area contributed by atoms with Gasteiger partial charge in [-0.05, 0) is 49.9 Å². The Labute approximate surface area is 143 Å². The number of benzene rings is 1. The third-order valence-corrected chi connectivity index (χ3v) is 5.61. The van der Waals surface area contributed by atoms with Crippen LogP contribution in [0.3, 0.4) is 0 Å². The van der Waals surface area contributed by atoms with Crippen molar-refractivity contribution in [3.8, 4) is 0 Å². The van der Waals surface area contributed by atoms with Crippen LogP contribution in [0.15, 0.2) is 12.1 Å². The highest BCUT2D eigenvalue weighted by Gasteiger charge is 2.33. The van der Waals surface area contributed by atoms with Gasteiger partial charge in [0.15, 0.2) is 0 Å². The predicted molar refractivity (Wildman–Crippen MR) is 94.0 cm³/mol. The average molecular weight is 333 g/mol. The van der Waals surface area contributed by atoms with Crippen molar-refractivity contribution < 1.29 is 9.18 Å². The second-order valence-corrected chi connectivity index (χ2v) is 7.38. The molecule has 0 spiro atoms. The molecule has 1 unspecified atom stereocenters. The topological polar surface area (TPSA) is 49.6 Å². The summed E-state index contributed by atoms with van der Waals surface area (Å²) in [7, 11) is 0. The summed E-state index contributed by atoms with van der Waals surface area (Å²) < 4.78 is 13.6. The monoisotopic (exact) mass is 333 g/mol. The fourth-order valence-corrected chi connectivity index (χ4v) is 4.08. The molecule has 24 heavy (non-hydrogen) atoms. The number of nitrogens with zero attached hydrogens (tertiary/aromatic N) is 2. The summed E-state index contributed by atoms with van der Waals surface area (Å²) in [6, 6.07) is 3.16. The third-order valence-electron chi connectivity index (χ3n) is 5.61. The normalized spacial score (nSPS) is 23.0. The van der Waals surface area contributed by atoms with Crippen molar-refractivity contribution >= 4 is 11.6 Å². The number of hydrogen-bond donors (Lipinski definition) is 1. The molecule has 0 aromatic heterocycles. The van der Waals surface area contributed by atoms with Crippen LogP contribution in [0.25, 0.3) is 0 Å². The molecule has 5 heteroatoms. The van der Waals surface area contributed by atoms with Gasteiger partial charge < -0.3 is 10.6 Å². The number of piperazine rings is 1. The minimum Gasteiger partial charge on any atom is -0.398 e. The summed E-state index contributed by atoms with van der Waals surface area (Å²) in [4.78, 5) is 17.0. The third kappa shape index (κ3) is 3.56. The molecular weight excluding hydrogens is 305 g/mol. The van der Waals surface area contributed by atoms with Crippen molar-refractivity contribution in [2.24, 2.45) is 5.92 Å². The molecule has 1 aromatic carbocycles. The van der Waals surface area contributed by atoms with Crippen molar-refractivity contribution in [3.63, 3.8) is 0 Å². The van der Waals surface area contributed by atoms with Gasteiger partial charge in [0.05, 0.1) is 0 Å². The minimum atomic E-state index is -0.281. The summed E-state index contributed by atoms with van der Waals surface area (Å²) in [5.41, 5.74) is 8.27. The van der Waals surface area contributed by atoms with Crippen molar-refractivity contribution in [1.29, 1.82) is 0 Å². The van der Waals surface area contributed by atoms with E-state index in [4.69, 9.17) is 5.73 Å². The Morgan fingerprint density at radius 3 is 2.67 bits per heavy atom. The molecule has 3 rings (SSSR count). The number of carbonyl (C=O) groups excluding carboxylic acids is 1. The van der Waals surface area contributed by atoms with Gasteiger partial charge in [0.25, 0.3) is 0 Å². The molecule has 1 amide bonds. The number of nitrogens with two attached hydrogens (primary N) is 1. The summed E-state index contributed by atoms with van der Waals surface area (Å²) in [5, 5.41) is 0. The van der Waals surface area contributed by atoms with Crippen LogP contribution in [0.1, 0.15) is 43.7 Å². The lowest BCUT2D eigenvalue weighted by atomic mass is 10.0. The van der Waals surface area contributed by atoms with Gasteiger partial charge in [-0.1, -0.05) is 12.8 Å². The van der Waals surface area contributed by atoms with Crippen LogP contribution in [0, 0.1) is 18.7 Å². The Kier molecular flexibility index (Phi) is 5.09. The van der Waals surface area contributed by atoms with E-state index in [-0.39, 0.29) is 17.8 Å². The van der Waals surface area contributed by atoms with Crippen molar-refractivity contribution in [2.75, 3.05) is 25.4 Å². The molecule has 1 heterocycles. The lowest BCUT2D eigenvalue weighted by molar-refractivity contribution is -0.140. The molecule has 2 fully saturated rings. The number of hydrogen-bond acceptors (Lipinski definition) is 3. The van der Waals surface area contributed by atoms with Crippen LogP contribution in [0.4, 0.5) is 10.1 Å². The van der Waals surface area contributed by atoms with Gasteiger partial charge in [0.2, 0.25) is 5.91 Å². The molecule has 1 aliphatic carbocycles. The highest BCUT2D eigenvalue weighted by atomic mass is 19.1. The van der Waals surface area contributed by atoms with Gasteiger partial charge in [-0.3, -0.25) is 9.69 Å². The van der Waals surface area contributed by atoms with E-state index in [0.29, 0.717) is 18.1 Å². The molecule has 2 N–H and O–H groups in total. The number of nitrogen functional groups attached to an aromatic ring is 1. The molecule has 2 aliphatic rings. The van der Waals surface area contributed by atoms with E-state index in [1.165, 1.54) is 18.9 Å². The molecule has 0 radical (unpaired) electrons. The molecule has 1 atom stereocenters. The Morgan fingerprint density at radius 2 is 2.00 bits per heavy atom. The quantitative estimate of drug-likeness (QED) is 0.865. The van der Waals surface area contributed by atoms with Crippen LogP contribution >= 0.6 is 0 Å².